The second kappa shape index (κ2) is 4.64. The first-order chi connectivity index (χ1) is 7.66. The molecule has 0 fully saturated rings. The molecule has 0 aliphatic heterocycles. The van der Waals surface area contributed by atoms with Crippen LogP contribution in [-0.2, 0) is 0 Å². The number of aromatic nitrogens is 1. The van der Waals surface area contributed by atoms with Gasteiger partial charge in [-0.05, 0) is 35.4 Å². The van der Waals surface area contributed by atoms with E-state index in [0.717, 1.165) is 11.1 Å². The predicted molar refractivity (Wildman–Crippen MR) is 64.9 cm³/mol. The Labute approximate surface area is 103 Å². The summed E-state index contributed by atoms with van der Waals surface area (Å²) in [4.78, 5) is 15.0. The Morgan fingerprint density at radius 3 is 2.38 bits per heavy atom. The van der Waals surface area contributed by atoms with Gasteiger partial charge in [0.05, 0.1) is 5.56 Å². The zero-order valence-electron chi connectivity index (χ0n) is 8.15. The summed E-state index contributed by atoms with van der Waals surface area (Å²) in [7, 11) is 0. The number of hydrogen-bond acceptors (Lipinski definition) is 2. The summed E-state index contributed by atoms with van der Waals surface area (Å²) in [5.74, 6) is 0. The first-order valence-electron chi connectivity index (χ1n) is 4.57. The van der Waals surface area contributed by atoms with Gasteiger partial charge >= 0.3 is 0 Å². The van der Waals surface area contributed by atoms with E-state index in [0.29, 0.717) is 10.6 Å². The van der Waals surface area contributed by atoms with Crippen LogP contribution in [0.3, 0.4) is 0 Å². The lowest BCUT2D eigenvalue weighted by atomic mass is 10.1. The molecule has 16 heavy (non-hydrogen) atoms. The lowest BCUT2D eigenvalue weighted by Crippen LogP contribution is -1.91. The second-order valence-corrected chi connectivity index (χ2v) is 4.02. The fourth-order valence-electron chi connectivity index (χ4n) is 1.35. The van der Waals surface area contributed by atoms with Crippen molar-refractivity contribution in [3.63, 3.8) is 0 Å². The number of carbonyl (C=O) groups is 1. The molecule has 2 nitrogen and oxygen atoms in total. The van der Waals surface area contributed by atoms with Crippen molar-refractivity contribution in [3.8, 4) is 11.1 Å². The molecule has 0 aliphatic carbocycles. The van der Waals surface area contributed by atoms with Crippen LogP contribution < -0.4 is 0 Å². The Bertz CT molecular complexity index is 523. The summed E-state index contributed by atoms with van der Waals surface area (Å²) in [6, 6.07) is 8.99. The minimum Gasteiger partial charge on any atom is -0.276 e. The standard InChI is InChI=1S/C12H7Cl2NO/c13-11-3-1-8(2-4-11)9-5-10(12(14)16)7-15-6-9/h1-7H. The molecule has 0 bridgehead atoms. The number of hydrogen-bond donors (Lipinski definition) is 0. The van der Waals surface area contributed by atoms with Gasteiger partial charge in [0, 0.05) is 23.0 Å². The smallest absolute Gasteiger partial charge is 0.253 e. The molecule has 0 atom stereocenters. The molecule has 0 N–H and O–H groups in total. The van der Waals surface area contributed by atoms with Gasteiger partial charge in [-0.1, -0.05) is 23.7 Å². The average molecular weight is 252 g/mol. The van der Waals surface area contributed by atoms with Crippen LogP contribution in [0.1, 0.15) is 10.4 Å². The van der Waals surface area contributed by atoms with Crippen LogP contribution >= 0.6 is 23.2 Å². The zero-order valence-corrected chi connectivity index (χ0v) is 9.66. The Balaban J connectivity index is 2.44. The summed E-state index contributed by atoms with van der Waals surface area (Å²) in [6.45, 7) is 0. The fraction of sp³-hybridized carbons (Fsp3) is 0. The van der Waals surface area contributed by atoms with E-state index in [1.54, 1.807) is 24.4 Å². The maximum atomic E-state index is 11.0. The van der Waals surface area contributed by atoms with Crippen molar-refractivity contribution >= 4 is 28.4 Å². The summed E-state index contributed by atoms with van der Waals surface area (Å²) >= 11 is 11.2. The van der Waals surface area contributed by atoms with E-state index in [2.05, 4.69) is 4.98 Å². The van der Waals surface area contributed by atoms with Gasteiger partial charge in [0.2, 0.25) is 0 Å². The Morgan fingerprint density at radius 2 is 1.75 bits per heavy atom. The van der Waals surface area contributed by atoms with Gasteiger partial charge in [0.15, 0.2) is 0 Å². The van der Waals surface area contributed by atoms with Crippen molar-refractivity contribution in [2.24, 2.45) is 0 Å². The highest BCUT2D eigenvalue weighted by atomic mass is 35.5. The molecule has 0 saturated heterocycles. The highest BCUT2D eigenvalue weighted by Crippen LogP contribution is 2.21. The van der Waals surface area contributed by atoms with Gasteiger partial charge in [-0.15, -0.1) is 0 Å². The highest BCUT2D eigenvalue weighted by Gasteiger charge is 2.04. The Morgan fingerprint density at radius 1 is 1.06 bits per heavy atom. The molecule has 0 saturated carbocycles. The maximum absolute atomic E-state index is 11.0. The number of benzene rings is 1. The third kappa shape index (κ3) is 2.40. The summed E-state index contributed by atoms with van der Waals surface area (Å²) in [5.41, 5.74) is 2.16. The minimum absolute atomic E-state index is 0.383. The number of halogens is 2. The van der Waals surface area contributed by atoms with Gasteiger partial charge in [-0.2, -0.15) is 0 Å². The Hall–Kier alpha value is -1.38. The van der Waals surface area contributed by atoms with E-state index in [-0.39, 0.29) is 0 Å². The van der Waals surface area contributed by atoms with E-state index in [4.69, 9.17) is 23.2 Å². The molecule has 0 unspecified atom stereocenters. The van der Waals surface area contributed by atoms with E-state index >= 15 is 0 Å². The summed E-state index contributed by atoms with van der Waals surface area (Å²) in [5, 5.41) is 0.157. The highest BCUT2D eigenvalue weighted by molar-refractivity contribution is 6.67. The van der Waals surface area contributed by atoms with Gasteiger partial charge in [-0.25, -0.2) is 0 Å². The van der Waals surface area contributed by atoms with Gasteiger partial charge < -0.3 is 0 Å². The first kappa shape index (κ1) is 11.1. The molecule has 1 aromatic heterocycles. The molecule has 80 valence electrons. The van der Waals surface area contributed by atoms with E-state index < -0.39 is 5.24 Å². The second-order valence-electron chi connectivity index (χ2n) is 3.24. The molecule has 0 spiro atoms. The third-order valence-electron chi connectivity index (χ3n) is 2.14. The van der Waals surface area contributed by atoms with Crippen LogP contribution in [-0.4, -0.2) is 10.2 Å². The quantitative estimate of drug-likeness (QED) is 0.761. The molecule has 2 rings (SSSR count). The number of rotatable bonds is 2. The van der Waals surface area contributed by atoms with Crippen molar-refractivity contribution in [1.29, 1.82) is 0 Å². The van der Waals surface area contributed by atoms with Gasteiger partial charge in [0.25, 0.3) is 5.24 Å². The third-order valence-corrected chi connectivity index (χ3v) is 2.61. The van der Waals surface area contributed by atoms with Gasteiger partial charge in [0.1, 0.15) is 0 Å². The van der Waals surface area contributed by atoms with Gasteiger partial charge in [-0.3, -0.25) is 9.78 Å². The van der Waals surface area contributed by atoms with Crippen LogP contribution in [0.4, 0.5) is 0 Å². The number of nitrogens with zero attached hydrogens (tertiary/aromatic N) is 1. The molecule has 0 amide bonds. The van der Waals surface area contributed by atoms with Crippen molar-refractivity contribution in [2.75, 3.05) is 0 Å². The number of pyridine rings is 1. The Kier molecular flexibility index (Phi) is 3.22. The predicted octanol–water partition coefficient (Wildman–Crippen LogP) is 3.78. The van der Waals surface area contributed by atoms with Crippen LogP contribution in [0.5, 0.6) is 0 Å². The lowest BCUT2D eigenvalue weighted by molar-refractivity contribution is 0.108. The molecule has 4 heteroatoms. The molecule has 1 heterocycles. The van der Waals surface area contributed by atoms with Crippen LogP contribution in [0.15, 0.2) is 42.7 Å². The molecule has 2 aromatic rings. The molecule has 1 aromatic carbocycles. The van der Waals surface area contributed by atoms with E-state index in [1.165, 1.54) is 6.20 Å². The van der Waals surface area contributed by atoms with E-state index in [9.17, 15) is 4.79 Å². The van der Waals surface area contributed by atoms with E-state index in [1.807, 2.05) is 12.1 Å². The van der Waals surface area contributed by atoms with Crippen molar-refractivity contribution in [1.82, 2.24) is 4.98 Å². The number of carbonyl (C=O) groups excluding carboxylic acids is 1. The largest absolute Gasteiger partial charge is 0.276 e. The fourth-order valence-corrected chi connectivity index (χ4v) is 1.58. The zero-order chi connectivity index (χ0) is 11.5. The molecule has 0 radical (unpaired) electrons. The van der Waals surface area contributed by atoms with Crippen LogP contribution in [0, 0.1) is 0 Å². The SMILES string of the molecule is O=C(Cl)c1cncc(-c2ccc(Cl)cc2)c1. The molecule has 0 aliphatic rings. The topological polar surface area (TPSA) is 30.0 Å². The summed E-state index contributed by atoms with van der Waals surface area (Å²) < 4.78 is 0. The maximum Gasteiger partial charge on any atom is 0.253 e. The average Bonchev–Trinajstić information content (AvgIpc) is 2.30. The normalized spacial score (nSPS) is 10.1. The first-order valence-corrected chi connectivity index (χ1v) is 5.33. The molecular formula is C12H7Cl2NO. The van der Waals surface area contributed by atoms with Crippen LogP contribution in [0.25, 0.3) is 11.1 Å². The molecular weight excluding hydrogens is 245 g/mol. The van der Waals surface area contributed by atoms with Crippen molar-refractivity contribution < 1.29 is 4.79 Å². The lowest BCUT2D eigenvalue weighted by Gasteiger charge is -2.02. The van der Waals surface area contributed by atoms with Crippen molar-refractivity contribution in [2.45, 2.75) is 0 Å². The monoisotopic (exact) mass is 251 g/mol. The minimum atomic E-state index is -0.511. The summed E-state index contributed by atoms with van der Waals surface area (Å²) in [6.07, 6.45) is 3.11. The van der Waals surface area contributed by atoms with Crippen LogP contribution in [0.2, 0.25) is 5.02 Å². The van der Waals surface area contributed by atoms with Crippen molar-refractivity contribution in [3.05, 3.63) is 53.3 Å².